The SMILES string of the molecule is CCCN(C/C(N)=N/O)Cc1cccc(Cl)c1Cl. The van der Waals surface area contributed by atoms with E-state index in [1.54, 1.807) is 6.07 Å². The lowest BCUT2D eigenvalue weighted by atomic mass is 10.2. The Bertz CT molecular complexity index is 424. The van der Waals surface area contributed by atoms with Gasteiger partial charge in [-0.2, -0.15) is 0 Å². The largest absolute Gasteiger partial charge is 0.409 e. The van der Waals surface area contributed by atoms with Crippen molar-refractivity contribution in [3.05, 3.63) is 33.8 Å². The molecule has 0 fully saturated rings. The van der Waals surface area contributed by atoms with Crippen molar-refractivity contribution in [2.24, 2.45) is 10.9 Å². The van der Waals surface area contributed by atoms with Crippen molar-refractivity contribution >= 4 is 29.0 Å². The average molecular weight is 290 g/mol. The minimum atomic E-state index is 0.182. The lowest BCUT2D eigenvalue weighted by molar-refractivity contribution is 0.286. The first kappa shape index (κ1) is 15.1. The standard InChI is InChI=1S/C12H17Cl2N3O/c1-2-6-17(8-11(15)16-18)7-9-4-3-5-10(13)12(9)14/h3-5,18H,2,6-8H2,1H3,(H2,15,16). The van der Waals surface area contributed by atoms with E-state index in [2.05, 4.69) is 12.1 Å². The van der Waals surface area contributed by atoms with Crippen molar-refractivity contribution in [3.63, 3.8) is 0 Å². The zero-order valence-corrected chi connectivity index (χ0v) is 11.7. The molecule has 0 aliphatic heterocycles. The molecule has 0 spiro atoms. The minimum Gasteiger partial charge on any atom is -0.409 e. The summed E-state index contributed by atoms with van der Waals surface area (Å²) in [5.74, 6) is 0.182. The van der Waals surface area contributed by atoms with Gasteiger partial charge in [-0.25, -0.2) is 0 Å². The first-order valence-corrected chi connectivity index (χ1v) is 6.45. The average Bonchev–Trinajstić information content (AvgIpc) is 2.35. The molecule has 0 aliphatic carbocycles. The van der Waals surface area contributed by atoms with Crippen molar-refractivity contribution in [3.8, 4) is 0 Å². The highest BCUT2D eigenvalue weighted by atomic mass is 35.5. The van der Waals surface area contributed by atoms with Crippen LogP contribution in [0.1, 0.15) is 18.9 Å². The van der Waals surface area contributed by atoms with Crippen LogP contribution in [0.4, 0.5) is 0 Å². The van der Waals surface area contributed by atoms with Crippen molar-refractivity contribution in [2.45, 2.75) is 19.9 Å². The minimum absolute atomic E-state index is 0.182. The van der Waals surface area contributed by atoms with Gasteiger partial charge in [0, 0.05) is 6.54 Å². The van der Waals surface area contributed by atoms with Gasteiger partial charge in [0.25, 0.3) is 0 Å². The summed E-state index contributed by atoms with van der Waals surface area (Å²) in [6.45, 7) is 3.91. The molecule has 0 bridgehead atoms. The molecule has 0 unspecified atom stereocenters. The molecule has 18 heavy (non-hydrogen) atoms. The van der Waals surface area contributed by atoms with Crippen LogP contribution in [0.15, 0.2) is 23.4 Å². The maximum Gasteiger partial charge on any atom is 0.153 e. The number of hydrogen-bond acceptors (Lipinski definition) is 3. The van der Waals surface area contributed by atoms with E-state index in [0.29, 0.717) is 23.1 Å². The van der Waals surface area contributed by atoms with Crippen LogP contribution in [-0.4, -0.2) is 29.0 Å². The third kappa shape index (κ3) is 4.37. The van der Waals surface area contributed by atoms with Gasteiger partial charge in [-0.1, -0.05) is 47.4 Å². The summed E-state index contributed by atoms with van der Waals surface area (Å²) < 4.78 is 0. The second-order valence-electron chi connectivity index (χ2n) is 4.01. The number of rotatable bonds is 6. The summed E-state index contributed by atoms with van der Waals surface area (Å²) in [6, 6.07) is 5.53. The highest BCUT2D eigenvalue weighted by Crippen LogP contribution is 2.26. The van der Waals surface area contributed by atoms with Gasteiger partial charge in [-0.05, 0) is 24.6 Å². The van der Waals surface area contributed by atoms with Gasteiger partial charge in [0.2, 0.25) is 0 Å². The van der Waals surface area contributed by atoms with Gasteiger partial charge in [0.05, 0.1) is 16.6 Å². The van der Waals surface area contributed by atoms with E-state index in [1.807, 2.05) is 17.0 Å². The normalized spacial score (nSPS) is 12.1. The Morgan fingerprint density at radius 1 is 1.44 bits per heavy atom. The molecule has 0 amide bonds. The van der Waals surface area contributed by atoms with Crippen LogP contribution < -0.4 is 5.73 Å². The molecule has 1 aromatic rings. The predicted molar refractivity (Wildman–Crippen MR) is 75.4 cm³/mol. The quantitative estimate of drug-likeness (QED) is 0.366. The molecule has 0 saturated carbocycles. The Balaban J connectivity index is 2.79. The number of oxime groups is 1. The third-order valence-electron chi connectivity index (χ3n) is 2.48. The molecule has 100 valence electrons. The Kier molecular flexibility index (Phi) is 6.25. The van der Waals surface area contributed by atoms with Gasteiger partial charge in [0.15, 0.2) is 5.84 Å². The smallest absolute Gasteiger partial charge is 0.153 e. The van der Waals surface area contributed by atoms with Crippen molar-refractivity contribution < 1.29 is 5.21 Å². The van der Waals surface area contributed by atoms with E-state index in [9.17, 15) is 0 Å². The van der Waals surface area contributed by atoms with Crippen LogP contribution in [0, 0.1) is 0 Å². The van der Waals surface area contributed by atoms with Gasteiger partial charge >= 0.3 is 0 Å². The van der Waals surface area contributed by atoms with Gasteiger partial charge in [-0.15, -0.1) is 0 Å². The Labute approximate surface area is 117 Å². The first-order chi connectivity index (χ1) is 8.58. The van der Waals surface area contributed by atoms with E-state index in [0.717, 1.165) is 18.5 Å². The maximum absolute atomic E-state index is 8.61. The number of hydrogen-bond donors (Lipinski definition) is 2. The van der Waals surface area contributed by atoms with Crippen LogP contribution in [0.3, 0.4) is 0 Å². The predicted octanol–water partition coefficient (Wildman–Crippen LogP) is 2.95. The number of halogens is 2. The molecular formula is C12H17Cl2N3O. The van der Waals surface area contributed by atoms with Gasteiger partial charge in [-0.3, -0.25) is 4.90 Å². The van der Waals surface area contributed by atoms with Crippen LogP contribution in [0.25, 0.3) is 0 Å². The van der Waals surface area contributed by atoms with E-state index >= 15 is 0 Å². The molecule has 0 aliphatic rings. The summed E-state index contributed by atoms with van der Waals surface area (Å²) in [7, 11) is 0. The Morgan fingerprint density at radius 2 is 2.17 bits per heavy atom. The summed E-state index contributed by atoms with van der Waals surface area (Å²) >= 11 is 12.1. The molecular weight excluding hydrogens is 273 g/mol. The van der Waals surface area contributed by atoms with E-state index in [4.69, 9.17) is 34.1 Å². The molecule has 0 aromatic heterocycles. The monoisotopic (exact) mass is 289 g/mol. The fourth-order valence-corrected chi connectivity index (χ4v) is 2.08. The van der Waals surface area contributed by atoms with Crippen LogP contribution >= 0.6 is 23.2 Å². The van der Waals surface area contributed by atoms with Crippen LogP contribution in [0.2, 0.25) is 10.0 Å². The molecule has 0 heterocycles. The summed E-state index contributed by atoms with van der Waals surface area (Å²) in [6.07, 6.45) is 0.969. The van der Waals surface area contributed by atoms with Crippen LogP contribution in [-0.2, 0) is 6.54 Å². The number of nitrogens with zero attached hydrogens (tertiary/aromatic N) is 2. The summed E-state index contributed by atoms with van der Waals surface area (Å²) in [5, 5.41) is 12.7. The van der Waals surface area contributed by atoms with Crippen molar-refractivity contribution in [2.75, 3.05) is 13.1 Å². The molecule has 1 aromatic carbocycles. The first-order valence-electron chi connectivity index (χ1n) is 5.70. The second kappa shape index (κ2) is 7.46. The zero-order chi connectivity index (χ0) is 13.5. The molecule has 4 nitrogen and oxygen atoms in total. The highest BCUT2D eigenvalue weighted by molar-refractivity contribution is 6.42. The summed E-state index contributed by atoms with van der Waals surface area (Å²) in [5.41, 5.74) is 6.46. The fourth-order valence-electron chi connectivity index (χ4n) is 1.70. The third-order valence-corrected chi connectivity index (χ3v) is 3.34. The highest BCUT2D eigenvalue weighted by Gasteiger charge is 2.11. The van der Waals surface area contributed by atoms with Gasteiger partial charge in [0.1, 0.15) is 0 Å². The zero-order valence-electron chi connectivity index (χ0n) is 10.2. The second-order valence-corrected chi connectivity index (χ2v) is 4.80. The summed E-state index contributed by atoms with van der Waals surface area (Å²) in [4.78, 5) is 2.05. The number of benzene rings is 1. The fraction of sp³-hybridized carbons (Fsp3) is 0.417. The molecule has 1 rings (SSSR count). The topological polar surface area (TPSA) is 61.8 Å². The lowest BCUT2D eigenvalue weighted by Gasteiger charge is -2.21. The number of nitrogens with two attached hydrogens (primary N) is 1. The molecule has 0 radical (unpaired) electrons. The van der Waals surface area contributed by atoms with Crippen molar-refractivity contribution in [1.82, 2.24) is 4.90 Å². The molecule has 0 saturated heterocycles. The molecule has 3 N–H and O–H groups in total. The van der Waals surface area contributed by atoms with E-state index in [1.165, 1.54) is 0 Å². The van der Waals surface area contributed by atoms with Crippen molar-refractivity contribution in [1.29, 1.82) is 0 Å². The van der Waals surface area contributed by atoms with Crippen LogP contribution in [0.5, 0.6) is 0 Å². The maximum atomic E-state index is 8.61. The Morgan fingerprint density at radius 3 is 2.78 bits per heavy atom. The lowest BCUT2D eigenvalue weighted by Crippen LogP contribution is -2.34. The van der Waals surface area contributed by atoms with Gasteiger partial charge < -0.3 is 10.9 Å². The van der Waals surface area contributed by atoms with E-state index < -0.39 is 0 Å². The number of amidine groups is 1. The molecule has 0 atom stereocenters. The van der Waals surface area contributed by atoms with E-state index in [-0.39, 0.29) is 5.84 Å². The Hall–Kier alpha value is -0.970. The molecule has 6 heteroatoms.